The molecule has 1 N–H and O–H groups in total. The number of carboxylic acids is 1. The van der Waals surface area contributed by atoms with Crippen molar-refractivity contribution in [3.8, 4) is 0 Å². The van der Waals surface area contributed by atoms with Gasteiger partial charge in [-0.15, -0.1) is 0 Å². The Morgan fingerprint density at radius 3 is 2.55 bits per heavy atom. The number of carboxylic acid groups (broad SMARTS) is 1. The van der Waals surface area contributed by atoms with Gasteiger partial charge in [0.25, 0.3) is 0 Å². The summed E-state index contributed by atoms with van der Waals surface area (Å²) in [6.07, 6.45) is -2.48. The lowest BCUT2D eigenvalue weighted by molar-refractivity contribution is -0.689. The lowest BCUT2D eigenvalue weighted by Crippen LogP contribution is -2.62. The normalized spacial score (nSPS) is 21.7. The van der Waals surface area contributed by atoms with E-state index in [4.69, 9.17) is 0 Å². The van der Waals surface area contributed by atoms with Crippen molar-refractivity contribution >= 4 is 17.4 Å². The molecule has 1 amide bonds. The van der Waals surface area contributed by atoms with E-state index >= 15 is 0 Å². The monoisotopic (exact) mass is 432 g/mol. The molecule has 0 saturated carbocycles. The van der Waals surface area contributed by atoms with Crippen LogP contribution in [0.4, 0.5) is 13.2 Å². The number of hydrogen-bond donors (Lipinski definition) is 1. The molecule has 0 radical (unpaired) electrons. The van der Waals surface area contributed by atoms with Gasteiger partial charge in [-0.1, -0.05) is 24.3 Å². The lowest BCUT2D eigenvalue weighted by atomic mass is 9.82. The van der Waals surface area contributed by atoms with Crippen LogP contribution in [0.1, 0.15) is 30.0 Å². The van der Waals surface area contributed by atoms with Crippen LogP contribution in [-0.2, 0) is 22.3 Å². The third-order valence-electron chi connectivity index (χ3n) is 5.77. The summed E-state index contributed by atoms with van der Waals surface area (Å²) < 4.78 is 40.1. The van der Waals surface area contributed by atoms with Crippen LogP contribution in [0.3, 0.4) is 0 Å². The van der Waals surface area contributed by atoms with Gasteiger partial charge in [0.15, 0.2) is 18.9 Å². The summed E-state index contributed by atoms with van der Waals surface area (Å²) in [5.74, 6) is -2.55. The molecule has 2 aliphatic heterocycles. The first-order valence-electron chi connectivity index (χ1n) is 9.69. The number of nitrogens with zero attached hydrogens (tertiary/aromatic N) is 2. The summed E-state index contributed by atoms with van der Waals surface area (Å²) in [4.78, 5) is 25.2. The maximum atomic E-state index is 12.9. The first-order chi connectivity index (χ1) is 14.6. The van der Waals surface area contributed by atoms with Gasteiger partial charge >= 0.3 is 6.18 Å². The van der Waals surface area contributed by atoms with E-state index in [1.807, 2.05) is 0 Å². The number of fused-ring (bicyclic) bond motifs is 1. The number of β-lactam (4-membered cyclic amide) rings is 1. The van der Waals surface area contributed by atoms with Gasteiger partial charge in [-0.3, -0.25) is 4.79 Å². The fourth-order valence-electron chi connectivity index (χ4n) is 4.33. The quantitative estimate of drug-likeness (QED) is 0.567. The molecule has 4 rings (SSSR count). The minimum Gasteiger partial charge on any atom is -0.543 e. The average Bonchev–Trinajstić information content (AvgIpc) is 3.03. The second kappa shape index (κ2) is 7.49. The van der Waals surface area contributed by atoms with Crippen LogP contribution in [0.2, 0.25) is 0 Å². The van der Waals surface area contributed by atoms with E-state index in [2.05, 4.69) is 0 Å². The summed E-state index contributed by atoms with van der Waals surface area (Å²) in [5, 5.41) is 21.5. The third kappa shape index (κ3) is 3.69. The Labute approximate surface area is 175 Å². The van der Waals surface area contributed by atoms with Crippen molar-refractivity contribution in [1.29, 1.82) is 0 Å². The molecule has 3 heterocycles. The van der Waals surface area contributed by atoms with Crippen molar-refractivity contribution in [2.45, 2.75) is 38.2 Å². The molecule has 0 spiro atoms. The molecule has 1 fully saturated rings. The van der Waals surface area contributed by atoms with Crippen molar-refractivity contribution in [3.05, 3.63) is 71.2 Å². The highest BCUT2D eigenvalue weighted by atomic mass is 19.4. The van der Waals surface area contributed by atoms with Crippen molar-refractivity contribution in [2.24, 2.45) is 5.92 Å². The van der Waals surface area contributed by atoms with Crippen LogP contribution in [0, 0.1) is 5.92 Å². The number of carbonyl (C=O) groups is 2. The molecule has 2 aliphatic rings. The van der Waals surface area contributed by atoms with E-state index in [1.54, 1.807) is 24.3 Å². The first kappa shape index (κ1) is 21.0. The molecule has 6 nitrogen and oxygen atoms in total. The minimum atomic E-state index is -4.43. The second-order valence-electron chi connectivity index (χ2n) is 7.82. The van der Waals surface area contributed by atoms with Gasteiger partial charge < -0.3 is 19.9 Å². The van der Waals surface area contributed by atoms with Gasteiger partial charge in [-0.25, -0.2) is 4.57 Å². The number of alkyl halides is 3. The van der Waals surface area contributed by atoms with Crippen LogP contribution in [0.15, 0.2) is 54.5 Å². The zero-order valence-corrected chi connectivity index (χ0v) is 16.5. The topological polar surface area (TPSA) is 84.5 Å². The Morgan fingerprint density at radius 2 is 1.97 bits per heavy atom. The van der Waals surface area contributed by atoms with Crippen molar-refractivity contribution in [3.63, 3.8) is 0 Å². The SMILES string of the molecule is C[C@@H](O)[C@H]1C(=O)N2C(C(=O)[O-])=C(c3ccc(C[n+]4cccc(C(F)(F)F)c4)cc3)C[C@H]12. The highest BCUT2D eigenvalue weighted by Gasteiger charge is 2.55. The second-order valence-corrected chi connectivity index (χ2v) is 7.82. The predicted octanol–water partition coefficient (Wildman–Crippen LogP) is 1.11. The van der Waals surface area contributed by atoms with Gasteiger partial charge in [0, 0.05) is 11.6 Å². The van der Waals surface area contributed by atoms with Crippen molar-refractivity contribution in [2.75, 3.05) is 0 Å². The Morgan fingerprint density at radius 1 is 1.29 bits per heavy atom. The summed E-state index contributed by atoms with van der Waals surface area (Å²) in [6.45, 7) is 1.70. The fourth-order valence-corrected chi connectivity index (χ4v) is 4.33. The molecule has 162 valence electrons. The standard InChI is InChI=1S/C22H19F3N2O4/c1-12(28)18-17-9-16(19(21(30)31)27(17)20(18)29)14-6-4-13(5-7-14)10-26-8-2-3-15(11-26)22(23,24)25/h2-8,11-12,17-18,28H,9-10H2,1H3/t12-,17-,18-/m1/s1. The highest BCUT2D eigenvalue weighted by molar-refractivity contribution is 6.05. The van der Waals surface area contributed by atoms with Crippen LogP contribution >= 0.6 is 0 Å². The number of hydrogen-bond acceptors (Lipinski definition) is 4. The molecular weight excluding hydrogens is 413 g/mol. The average molecular weight is 432 g/mol. The number of aliphatic carboxylic acids is 1. The zero-order valence-electron chi connectivity index (χ0n) is 16.5. The van der Waals surface area contributed by atoms with Crippen molar-refractivity contribution in [1.82, 2.24) is 4.90 Å². The molecule has 1 aromatic heterocycles. The number of aliphatic hydroxyl groups excluding tert-OH is 1. The van der Waals surface area contributed by atoms with Crippen molar-refractivity contribution < 1.29 is 37.5 Å². The third-order valence-corrected chi connectivity index (χ3v) is 5.77. The number of aliphatic hydroxyl groups is 1. The van der Waals surface area contributed by atoms with E-state index < -0.39 is 41.7 Å². The summed E-state index contributed by atoms with van der Waals surface area (Å²) >= 11 is 0. The maximum Gasteiger partial charge on any atom is 0.422 e. The smallest absolute Gasteiger partial charge is 0.422 e. The van der Waals surface area contributed by atoms with E-state index in [0.717, 1.165) is 17.8 Å². The molecule has 0 bridgehead atoms. The zero-order chi connectivity index (χ0) is 22.5. The molecule has 0 aliphatic carbocycles. The predicted molar refractivity (Wildman–Crippen MR) is 99.5 cm³/mol. The highest BCUT2D eigenvalue weighted by Crippen LogP contribution is 2.46. The fraction of sp³-hybridized carbons (Fsp3) is 0.318. The summed E-state index contributed by atoms with van der Waals surface area (Å²) in [7, 11) is 0. The number of pyridine rings is 1. The van der Waals surface area contributed by atoms with E-state index in [-0.39, 0.29) is 18.7 Å². The number of halogens is 3. The Bertz CT molecular complexity index is 1080. The molecule has 31 heavy (non-hydrogen) atoms. The van der Waals surface area contributed by atoms with Gasteiger partial charge in [0.05, 0.1) is 29.7 Å². The van der Waals surface area contributed by atoms with Crippen LogP contribution in [0.25, 0.3) is 5.57 Å². The van der Waals surface area contributed by atoms with E-state index in [9.17, 15) is 33.0 Å². The number of aromatic nitrogens is 1. The molecule has 1 saturated heterocycles. The van der Waals surface area contributed by atoms with Gasteiger partial charge in [0.1, 0.15) is 5.56 Å². The van der Waals surface area contributed by atoms with Gasteiger partial charge in [-0.2, -0.15) is 13.2 Å². The van der Waals surface area contributed by atoms with Gasteiger partial charge in [0.2, 0.25) is 5.91 Å². The molecule has 2 aromatic rings. The van der Waals surface area contributed by atoms with Crippen LogP contribution in [-0.4, -0.2) is 34.0 Å². The number of carbonyl (C=O) groups excluding carboxylic acids is 2. The Hall–Kier alpha value is -3.20. The Balaban J connectivity index is 1.57. The minimum absolute atomic E-state index is 0.188. The number of rotatable bonds is 5. The van der Waals surface area contributed by atoms with Crippen LogP contribution in [0.5, 0.6) is 0 Å². The van der Waals surface area contributed by atoms with Gasteiger partial charge in [-0.05, 0) is 30.5 Å². The number of amides is 1. The summed E-state index contributed by atoms with van der Waals surface area (Å²) in [5.41, 5.74) is 0.821. The molecule has 3 atom stereocenters. The first-order valence-corrected chi connectivity index (χ1v) is 9.69. The Kier molecular flexibility index (Phi) is 5.09. The number of benzene rings is 1. The van der Waals surface area contributed by atoms with E-state index in [0.29, 0.717) is 11.1 Å². The lowest BCUT2D eigenvalue weighted by Gasteiger charge is -2.45. The molecule has 1 aromatic carbocycles. The van der Waals surface area contributed by atoms with Crippen LogP contribution < -0.4 is 9.67 Å². The maximum absolute atomic E-state index is 12.9. The summed E-state index contributed by atoms with van der Waals surface area (Å²) in [6, 6.07) is 8.66. The van der Waals surface area contributed by atoms with E-state index in [1.165, 1.54) is 28.7 Å². The molecule has 0 unspecified atom stereocenters. The largest absolute Gasteiger partial charge is 0.543 e. The molecular formula is C22H19F3N2O4. The molecule has 9 heteroatoms.